The Morgan fingerprint density at radius 2 is 2.07 bits per heavy atom. The molecule has 1 atom stereocenters. The van der Waals surface area contributed by atoms with E-state index >= 15 is 0 Å². The molecule has 3 rings (SSSR count). The van der Waals surface area contributed by atoms with Gasteiger partial charge in [-0.1, -0.05) is 6.07 Å². The maximum absolute atomic E-state index is 5.42. The highest BCUT2D eigenvalue weighted by Gasteiger charge is 2.23. The summed E-state index contributed by atoms with van der Waals surface area (Å²) in [5, 5.41) is 1.16. The number of hydrogen-bond acceptors (Lipinski definition) is 6. The summed E-state index contributed by atoms with van der Waals surface area (Å²) in [4.78, 5) is 10.9. The number of aryl methyl sites for hydroxylation is 1. The van der Waals surface area contributed by atoms with E-state index < -0.39 is 0 Å². The maximum atomic E-state index is 5.42. The standard InChI is InChI=1S/C21H31N3O2S/c1-16-22-13-19(27-16)15-24-10-5-6-18(14-24)23(2)11-9-17-7-8-20(25-3)21(12-17)26-4/h7-8,12-13,18H,5-6,9-11,14-15H2,1-4H3. The van der Waals surface area contributed by atoms with Crippen LogP contribution in [0.5, 0.6) is 11.5 Å². The molecule has 1 aromatic heterocycles. The Labute approximate surface area is 166 Å². The zero-order valence-corrected chi connectivity index (χ0v) is 17.7. The monoisotopic (exact) mass is 389 g/mol. The minimum atomic E-state index is 0.618. The second-order valence-corrected chi connectivity index (χ2v) is 8.62. The van der Waals surface area contributed by atoms with Gasteiger partial charge in [-0.25, -0.2) is 4.98 Å². The summed E-state index contributed by atoms with van der Waals surface area (Å²) in [6, 6.07) is 6.83. The SMILES string of the molecule is COc1ccc(CCN(C)C2CCCN(Cc3cnc(C)s3)C2)cc1OC. The summed E-state index contributed by atoms with van der Waals surface area (Å²) in [5.41, 5.74) is 1.28. The Bertz CT molecular complexity index is 734. The first kappa shape index (κ1) is 20.1. The molecule has 0 aliphatic carbocycles. The van der Waals surface area contributed by atoms with Crippen molar-refractivity contribution >= 4 is 11.3 Å². The zero-order chi connectivity index (χ0) is 19.2. The fraction of sp³-hybridized carbons (Fsp3) is 0.571. The highest BCUT2D eigenvalue weighted by molar-refractivity contribution is 7.11. The van der Waals surface area contributed by atoms with Gasteiger partial charge in [-0.05, 0) is 57.5 Å². The van der Waals surface area contributed by atoms with Crippen LogP contribution in [-0.4, -0.2) is 61.7 Å². The third-order valence-electron chi connectivity index (χ3n) is 5.35. The fourth-order valence-electron chi connectivity index (χ4n) is 3.76. The number of nitrogens with zero attached hydrogens (tertiary/aromatic N) is 3. The highest BCUT2D eigenvalue weighted by Crippen LogP contribution is 2.28. The van der Waals surface area contributed by atoms with Gasteiger partial charge in [0.25, 0.3) is 0 Å². The Hall–Kier alpha value is -1.63. The van der Waals surface area contributed by atoms with Gasteiger partial charge in [-0.3, -0.25) is 4.90 Å². The molecule has 27 heavy (non-hydrogen) atoms. The first-order valence-electron chi connectivity index (χ1n) is 9.64. The molecule has 1 unspecified atom stereocenters. The van der Waals surface area contributed by atoms with Crippen molar-refractivity contribution in [2.45, 2.75) is 38.8 Å². The second kappa shape index (κ2) is 9.53. The molecule has 0 amide bonds. The topological polar surface area (TPSA) is 37.8 Å². The van der Waals surface area contributed by atoms with Gasteiger partial charge in [0, 0.05) is 36.8 Å². The fourth-order valence-corrected chi connectivity index (χ4v) is 4.59. The van der Waals surface area contributed by atoms with E-state index in [1.807, 2.05) is 23.6 Å². The largest absolute Gasteiger partial charge is 0.493 e. The summed E-state index contributed by atoms with van der Waals surface area (Å²) in [5.74, 6) is 1.59. The predicted molar refractivity (Wildman–Crippen MR) is 111 cm³/mol. The van der Waals surface area contributed by atoms with Crippen molar-refractivity contribution in [3.05, 3.63) is 39.8 Å². The molecule has 1 aliphatic heterocycles. The third-order valence-corrected chi connectivity index (χ3v) is 6.25. The number of thiazole rings is 1. The number of likely N-dealkylation sites (N-methyl/N-ethyl adjacent to an activating group) is 1. The van der Waals surface area contributed by atoms with E-state index in [0.29, 0.717) is 6.04 Å². The first-order chi connectivity index (χ1) is 13.1. The average Bonchev–Trinajstić information content (AvgIpc) is 3.10. The van der Waals surface area contributed by atoms with Crippen molar-refractivity contribution in [1.29, 1.82) is 0 Å². The van der Waals surface area contributed by atoms with Gasteiger partial charge in [0.2, 0.25) is 0 Å². The number of piperidine rings is 1. The van der Waals surface area contributed by atoms with Crippen LogP contribution >= 0.6 is 11.3 Å². The quantitative estimate of drug-likeness (QED) is 0.690. The molecule has 6 heteroatoms. The summed E-state index contributed by atoms with van der Waals surface area (Å²) < 4.78 is 10.8. The molecule has 0 N–H and O–H groups in total. The lowest BCUT2D eigenvalue weighted by Gasteiger charge is -2.37. The van der Waals surface area contributed by atoms with Crippen molar-refractivity contribution in [3.63, 3.8) is 0 Å². The van der Waals surface area contributed by atoms with Gasteiger partial charge in [-0.2, -0.15) is 0 Å². The van der Waals surface area contributed by atoms with E-state index in [9.17, 15) is 0 Å². The minimum Gasteiger partial charge on any atom is -0.493 e. The van der Waals surface area contributed by atoms with Crippen molar-refractivity contribution in [2.75, 3.05) is 40.9 Å². The Kier molecular flexibility index (Phi) is 7.10. The van der Waals surface area contributed by atoms with Gasteiger partial charge in [0.1, 0.15) is 0 Å². The van der Waals surface area contributed by atoms with Crippen molar-refractivity contribution in [1.82, 2.24) is 14.8 Å². The molecular weight excluding hydrogens is 358 g/mol. The molecule has 0 saturated carbocycles. The Balaban J connectivity index is 1.52. The van der Waals surface area contributed by atoms with E-state index in [2.05, 4.69) is 40.9 Å². The van der Waals surface area contributed by atoms with E-state index in [0.717, 1.165) is 42.6 Å². The van der Waals surface area contributed by atoms with Gasteiger partial charge in [0.05, 0.1) is 19.2 Å². The molecule has 148 valence electrons. The van der Waals surface area contributed by atoms with Crippen LogP contribution in [0.3, 0.4) is 0 Å². The Morgan fingerprint density at radius 1 is 1.26 bits per heavy atom. The molecule has 1 aromatic carbocycles. The highest BCUT2D eigenvalue weighted by atomic mass is 32.1. The molecule has 1 fully saturated rings. The van der Waals surface area contributed by atoms with Crippen LogP contribution in [0.1, 0.15) is 28.3 Å². The molecule has 0 bridgehead atoms. The zero-order valence-electron chi connectivity index (χ0n) is 16.9. The molecular formula is C21H31N3O2S. The average molecular weight is 390 g/mol. The van der Waals surface area contributed by atoms with Crippen LogP contribution in [0.15, 0.2) is 24.4 Å². The summed E-state index contributed by atoms with van der Waals surface area (Å²) in [7, 11) is 5.62. The second-order valence-electron chi connectivity index (χ2n) is 7.30. The van der Waals surface area contributed by atoms with Crippen molar-refractivity contribution in [2.24, 2.45) is 0 Å². The molecule has 1 aliphatic rings. The lowest BCUT2D eigenvalue weighted by atomic mass is 10.0. The van der Waals surface area contributed by atoms with Crippen LogP contribution in [-0.2, 0) is 13.0 Å². The summed E-state index contributed by atoms with van der Waals surface area (Å²) in [6.07, 6.45) is 5.59. The number of likely N-dealkylation sites (tertiary alicyclic amines) is 1. The predicted octanol–water partition coefficient (Wildman–Crippen LogP) is 3.61. The number of hydrogen-bond donors (Lipinski definition) is 0. The van der Waals surface area contributed by atoms with Crippen molar-refractivity contribution in [3.8, 4) is 11.5 Å². The molecule has 0 radical (unpaired) electrons. The third kappa shape index (κ3) is 5.43. The van der Waals surface area contributed by atoms with Gasteiger partial charge >= 0.3 is 0 Å². The van der Waals surface area contributed by atoms with Crippen molar-refractivity contribution < 1.29 is 9.47 Å². The van der Waals surface area contributed by atoms with Crippen LogP contribution < -0.4 is 9.47 Å². The summed E-state index contributed by atoms with van der Waals surface area (Å²) >= 11 is 1.82. The number of aromatic nitrogens is 1. The van der Waals surface area contributed by atoms with Crippen LogP contribution in [0, 0.1) is 6.92 Å². The number of ether oxygens (including phenoxy) is 2. The van der Waals surface area contributed by atoms with Crippen LogP contribution in [0.2, 0.25) is 0 Å². The van der Waals surface area contributed by atoms with Gasteiger partial charge < -0.3 is 14.4 Å². The first-order valence-corrected chi connectivity index (χ1v) is 10.5. The smallest absolute Gasteiger partial charge is 0.160 e. The molecule has 2 heterocycles. The molecule has 0 spiro atoms. The molecule has 1 saturated heterocycles. The van der Waals surface area contributed by atoms with E-state index in [1.165, 1.54) is 29.8 Å². The molecule has 2 aromatic rings. The van der Waals surface area contributed by atoms with Crippen LogP contribution in [0.4, 0.5) is 0 Å². The molecule has 5 nitrogen and oxygen atoms in total. The van der Waals surface area contributed by atoms with E-state index in [-0.39, 0.29) is 0 Å². The maximum Gasteiger partial charge on any atom is 0.160 e. The van der Waals surface area contributed by atoms with E-state index in [4.69, 9.17) is 9.47 Å². The number of rotatable bonds is 8. The van der Waals surface area contributed by atoms with E-state index in [1.54, 1.807) is 14.2 Å². The van der Waals surface area contributed by atoms with Gasteiger partial charge in [0.15, 0.2) is 11.5 Å². The number of methoxy groups -OCH3 is 2. The lowest BCUT2D eigenvalue weighted by Crippen LogP contribution is -2.46. The minimum absolute atomic E-state index is 0.618. The lowest BCUT2D eigenvalue weighted by molar-refractivity contribution is 0.113. The van der Waals surface area contributed by atoms with Gasteiger partial charge in [-0.15, -0.1) is 11.3 Å². The summed E-state index contributed by atoms with van der Waals surface area (Å²) in [6.45, 7) is 6.49. The normalized spacial score (nSPS) is 18.0. The Morgan fingerprint density at radius 3 is 2.78 bits per heavy atom. The van der Waals surface area contributed by atoms with Crippen LogP contribution in [0.25, 0.3) is 0 Å². The number of benzene rings is 1.